The first-order chi connectivity index (χ1) is 8.16. The van der Waals surface area contributed by atoms with Gasteiger partial charge < -0.3 is 9.84 Å². The molecule has 0 aliphatic carbocycles. The summed E-state index contributed by atoms with van der Waals surface area (Å²) in [5, 5.41) is 11.1. The lowest BCUT2D eigenvalue weighted by atomic mass is 10.1. The van der Waals surface area contributed by atoms with Crippen LogP contribution in [0, 0.1) is 6.92 Å². The van der Waals surface area contributed by atoms with Crippen molar-refractivity contribution in [1.82, 2.24) is 10.4 Å². The van der Waals surface area contributed by atoms with Crippen molar-refractivity contribution in [2.45, 2.75) is 6.92 Å². The molecule has 5 nitrogen and oxygen atoms in total. The van der Waals surface area contributed by atoms with Gasteiger partial charge in [-0.1, -0.05) is 0 Å². The molecule has 1 saturated heterocycles. The van der Waals surface area contributed by atoms with Crippen molar-refractivity contribution in [3.63, 3.8) is 0 Å². The molecule has 0 aromatic heterocycles. The maximum absolute atomic E-state index is 12.0. The molecule has 0 bridgehead atoms. The number of hydrogen-bond donors (Lipinski definition) is 2. The third-order valence-corrected chi connectivity index (χ3v) is 2.73. The number of carbonyl (C=O) groups is 1. The topological polar surface area (TPSA) is 61.8 Å². The molecule has 0 saturated carbocycles. The van der Waals surface area contributed by atoms with E-state index >= 15 is 0 Å². The predicted octanol–water partition coefficient (Wildman–Crippen LogP) is 0.678. The molecule has 2 rings (SSSR count). The highest BCUT2D eigenvalue weighted by Gasteiger charge is 2.15. The Bertz CT molecular complexity index is 414. The van der Waals surface area contributed by atoms with Crippen molar-refractivity contribution in [3.8, 4) is 5.75 Å². The van der Waals surface area contributed by atoms with Crippen LogP contribution in [0.3, 0.4) is 0 Å². The summed E-state index contributed by atoms with van der Waals surface area (Å²) in [7, 11) is 0. The number of hydrogen-bond acceptors (Lipinski definition) is 4. The van der Waals surface area contributed by atoms with Crippen molar-refractivity contribution in [3.05, 3.63) is 29.3 Å². The van der Waals surface area contributed by atoms with Gasteiger partial charge in [-0.05, 0) is 30.7 Å². The minimum atomic E-state index is -0.149. The molecule has 1 aliphatic heterocycles. The van der Waals surface area contributed by atoms with Gasteiger partial charge in [-0.25, -0.2) is 5.01 Å². The summed E-state index contributed by atoms with van der Waals surface area (Å²) in [4.78, 5) is 12.0. The molecule has 1 heterocycles. The number of nitrogens with one attached hydrogen (secondary N) is 1. The smallest absolute Gasteiger partial charge is 0.265 e. The fraction of sp³-hybridized carbons (Fsp3) is 0.417. The summed E-state index contributed by atoms with van der Waals surface area (Å²) in [5.41, 5.74) is 4.17. The van der Waals surface area contributed by atoms with Gasteiger partial charge in [0, 0.05) is 18.7 Å². The van der Waals surface area contributed by atoms with Gasteiger partial charge >= 0.3 is 0 Å². The number of aryl methyl sites for hydroxylation is 1. The van der Waals surface area contributed by atoms with Crippen molar-refractivity contribution >= 4 is 5.91 Å². The van der Waals surface area contributed by atoms with E-state index in [0.29, 0.717) is 31.9 Å². The maximum Gasteiger partial charge on any atom is 0.265 e. The molecule has 5 heteroatoms. The Balaban J connectivity index is 2.03. The molecule has 2 N–H and O–H groups in total. The van der Waals surface area contributed by atoms with Crippen LogP contribution in [0.5, 0.6) is 5.75 Å². The molecular formula is C12H16N2O3. The largest absolute Gasteiger partial charge is 0.508 e. The number of carbonyl (C=O) groups excluding carboxylic acids is 1. The first-order valence-corrected chi connectivity index (χ1v) is 5.60. The van der Waals surface area contributed by atoms with Crippen LogP contribution in [0.4, 0.5) is 0 Å². The van der Waals surface area contributed by atoms with E-state index in [4.69, 9.17) is 4.74 Å². The Hall–Kier alpha value is -1.59. The van der Waals surface area contributed by atoms with Crippen molar-refractivity contribution < 1.29 is 14.6 Å². The average molecular weight is 236 g/mol. The summed E-state index contributed by atoms with van der Waals surface area (Å²) >= 11 is 0. The minimum absolute atomic E-state index is 0.149. The number of amides is 1. The van der Waals surface area contributed by atoms with E-state index in [0.717, 1.165) is 5.56 Å². The van der Waals surface area contributed by atoms with Crippen molar-refractivity contribution in [2.24, 2.45) is 0 Å². The molecule has 1 aliphatic rings. The first kappa shape index (κ1) is 11.9. The van der Waals surface area contributed by atoms with E-state index in [9.17, 15) is 9.90 Å². The summed E-state index contributed by atoms with van der Waals surface area (Å²) < 4.78 is 5.20. The van der Waals surface area contributed by atoms with Gasteiger partial charge in [0.1, 0.15) is 5.75 Å². The highest BCUT2D eigenvalue weighted by Crippen LogP contribution is 2.15. The van der Waals surface area contributed by atoms with Crippen LogP contribution in [-0.2, 0) is 4.74 Å². The minimum Gasteiger partial charge on any atom is -0.508 e. The normalized spacial score (nSPS) is 16.8. The van der Waals surface area contributed by atoms with E-state index in [1.807, 2.05) is 5.01 Å². The van der Waals surface area contributed by atoms with Crippen molar-refractivity contribution in [1.29, 1.82) is 0 Å². The van der Waals surface area contributed by atoms with Gasteiger partial charge in [-0.15, -0.1) is 0 Å². The zero-order valence-electron chi connectivity index (χ0n) is 9.77. The number of phenols is 1. The molecule has 1 aromatic carbocycles. The third kappa shape index (κ3) is 2.95. The number of nitrogens with zero attached hydrogens (tertiary/aromatic N) is 1. The Morgan fingerprint density at radius 1 is 1.41 bits per heavy atom. The first-order valence-electron chi connectivity index (χ1n) is 5.60. The molecule has 0 unspecified atom stereocenters. The lowest BCUT2D eigenvalue weighted by Gasteiger charge is -2.27. The average Bonchev–Trinajstić information content (AvgIpc) is 2.30. The lowest BCUT2D eigenvalue weighted by molar-refractivity contribution is 0.0126. The lowest BCUT2D eigenvalue weighted by Crippen LogP contribution is -2.48. The van der Waals surface area contributed by atoms with Gasteiger partial charge in [-0.2, -0.15) is 0 Å². The molecule has 17 heavy (non-hydrogen) atoms. The van der Waals surface area contributed by atoms with Crippen LogP contribution in [0.2, 0.25) is 0 Å². The molecular weight excluding hydrogens is 220 g/mol. The Morgan fingerprint density at radius 2 is 2.12 bits per heavy atom. The van der Waals surface area contributed by atoms with Crippen LogP contribution in [-0.4, -0.2) is 42.3 Å². The second-order valence-corrected chi connectivity index (χ2v) is 4.04. The van der Waals surface area contributed by atoms with E-state index in [1.165, 1.54) is 6.07 Å². The standard InChI is InChI=1S/C12H16N2O3/c1-9-8-10(15)2-3-11(9)12(16)13-14-4-6-17-7-5-14/h2-3,8,15H,4-7H2,1H3,(H,13,16). The molecule has 0 atom stereocenters. The molecule has 1 amide bonds. The molecule has 0 radical (unpaired) electrons. The van der Waals surface area contributed by atoms with Crippen LogP contribution in [0.15, 0.2) is 18.2 Å². The van der Waals surface area contributed by atoms with E-state index < -0.39 is 0 Å². The second kappa shape index (κ2) is 5.16. The zero-order valence-corrected chi connectivity index (χ0v) is 9.77. The summed E-state index contributed by atoms with van der Waals surface area (Å²) in [6.45, 7) is 4.46. The Morgan fingerprint density at radius 3 is 2.76 bits per heavy atom. The molecule has 1 aromatic rings. The van der Waals surface area contributed by atoms with Gasteiger partial charge in [0.15, 0.2) is 0 Å². The van der Waals surface area contributed by atoms with Gasteiger partial charge in [0.05, 0.1) is 13.2 Å². The zero-order chi connectivity index (χ0) is 12.3. The number of aromatic hydroxyl groups is 1. The number of phenolic OH excluding ortho intramolecular Hbond substituents is 1. The Labute approximate surface area is 100.0 Å². The summed E-state index contributed by atoms with van der Waals surface area (Å²) in [6.07, 6.45) is 0. The van der Waals surface area contributed by atoms with Crippen molar-refractivity contribution in [2.75, 3.05) is 26.3 Å². The van der Waals surface area contributed by atoms with Gasteiger partial charge in [0.2, 0.25) is 0 Å². The van der Waals surface area contributed by atoms with Crippen LogP contribution in [0.25, 0.3) is 0 Å². The van der Waals surface area contributed by atoms with Crippen LogP contribution < -0.4 is 5.43 Å². The molecule has 0 spiro atoms. The third-order valence-electron chi connectivity index (χ3n) is 2.73. The van der Waals surface area contributed by atoms with E-state index in [-0.39, 0.29) is 11.7 Å². The monoisotopic (exact) mass is 236 g/mol. The SMILES string of the molecule is Cc1cc(O)ccc1C(=O)NN1CCOCC1. The highest BCUT2D eigenvalue weighted by molar-refractivity contribution is 5.95. The van der Waals surface area contributed by atoms with E-state index in [2.05, 4.69) is 5.43 Å². The highest BCUT2D eigenvalue weighted by atomic mass is 16.5. The van der Waals surface area contributed by atoms with Gasteiger partial charge in [0.25, 0.3) is 5.91 Å². The van der Waals surface area contributed by atoms with Crippen LogP contribution >= 0.6 is 0 Å². The Kier molecular flexibility index (Phi) is 3.61. The molecule has 92 valence electrons. The fourth-order valence-electron chi connectivity index (χ4n) is 1.78. The second-order valence-electron chi connectivity index (χ2n) is 4.04. The maximum atomic E-state index is 12.0. The molecule has 1 fully saturated rings. The number of rotatable bonds is 2. The van der Waals surface area contributed by atoms with Gasteiger partial charge in [-0.3, -0.25) is 10.2 Å². The predicted molar refractivity (Wildman–Crippen MR) is 62.7 cm³/mol. The quantitative estimate of drug-likeness (QED) is 0.792. The number of hydrazine groups is 1. The summed E-state index contributed by atoms with van der Waals surface area (Å²) in [6, 6.07) is 4.72. The number of morpholine rings is 1. The summed E-state index contributed by atoms with van der Waals surface area (Å²) in [5.74, 6) is 0.0230. The fourth-order valence-corrected chi connectivity index (χ4v) is 1.78. The number of ether oxygens (including phenoxy) is 1. The number of benzene rings is 1. The van der Waals surface area contributed by atoms with E-state index in [1.54, 1.807) is 19.1 Å². The van der Waals surface area contributed by atoms with Crippen LogP contribution in [0.1, 0.15) is 15.9 Å².